The molecular formula is C10H11N3O2. The first-order valence-corrected chi connectivity index (χ1v) is 4.48. The van der Waals surface area contributed by atoms with Gasteiger partial charge in [-0.25, -0.2) is 4.68 Å². The Balaban J connectivity index is 2.34. The van der Waals surface area contributed by atoms with Crippen molar-refractivity contribution in [3.8, 4) is 5.88 Å². The number of aryl methyl sites for hydroxylation is 1. The Morgan fingerprint density at radius 2 is 2.40 bits per heavy atom. The quantitative estimate of drug-likeness (QED) is 0.760. The van der Waals surface area contributed by atoms with Gasteiger partial charge in [-0.15, -0.1) is 0 Å². The molecule has 2 aromatic rings. The second-order valence-corrected chi connectivity index (χ2v) is 3.11. The van der Waals surface area contributed by atoms with Gasteiger partial charge in [-0.3, -0.25) is 4.79 Å². The minimum Gasteiger partial charge on any atom is -0.481 e. The number of carbonyl (C=O) groups is 1. The number of hydrogen-bond donors (Lipinski definition) is 1. The molecule has 0 spiro atoms. The third-order valence-corrected chi connectivity index (χ3v) is 2.12. The molecule has 0 radical (unpaired) electrons. The molecule has 78 valence electrons. The standard InChI is InChI=1S/C10H11N3O2/c1-13-9(15-2)6-8(12-13)10(14)7-4-3-5-11-7/h3-6,11H,1-2H3. The van der Waals surface area contributed by atoms with Gasteiger partial charge in [0.2, 0.25) is 11.7 Å². The Morgan fingerprint density at radius 3 is 2.93 bits per heavy atom. The van der Waals surface area contributed by atoms with E-state index in [0.29, 0.717) is 17.3 Å². The second kappa shape index (κ2) is 3.61. The average Bonchev–Trinajstić information content (AvgIpc) is 2.85. The summed E-state index contributed by atoms with van der Waals surface area (Å²) >= 11 is 0. The number of nitrogens with one attached hydrogen (secondary N) is 1. The van der Waals surface area contributed by atoms with Gasteiger partial charge in [0.05, 0.1) is 12.8 Å². The number of methoxy groups -OCH3 is 1. The van der Waals surface area contributed by atoms with E-state index in [1.807, 2.05) is 0 Å². The van der Waals surface area contributed by atoms with Gasteiger partial charge < -0.3 is 9.72 Å². The molecule has 5 heteroatoms. The molecule has 5 nitrogen and oxygen atoms in total. The van der Waals surface area contributed by atoms with Gasteiger partial charge in [-0.2, -0.15) is 5.10 Å². The molecule has 0 aromatic carbocycles. The summed E-state index contributed by atoms with van der Waals surface area (Å²) < 4.78 is 6.56. The lowest BCUT2D eigenvalue weighted by atomic mass is 10.2. The molecule has 15 heavy (non-hydrogen) atoms. The summed E-state index contributed by atoms with van der Waals surface area (Å²) in [6.07, 6.45) is 1.70. The highest BCUT2D eigenvalue weighted by Gasteiger charge is 2.15. The largest absolute Gasteiger partial charge is 0.481 e. The van der Waals surface area contributed by atoms with Crippen LogP contribution in [0.25, 0.3) is 0 Å². The van der Waals surface area contributed by atoms with Crippen molar-refractivity contribution < 1.29 is 9.53 Å². The third-order valence-electron chi connectivity index (χ3n) is 2.12. The number of H-pyrrole nitrogens is 1. The highest BCUT2D eigenvalue weighted by Crippen LogP contribution is 2.13. The Morgan fingerprint density at radius 1 is 1.60 bits per heavy atom. The van der Waals surface area contributed by atoms with E-state index in [1.165, 1.54) is 4.68 Å². The number of hydrogen-bond acceptors (Lipinski definition) is 3. The third kappa shape index (κ3) is 1.63. The van der Waals surface area contributed by atoms with Crippen molar-refractivity contribution in [2.24, 2.45) is 7.05 Å². The molecule has 2 heterocycles. The van der Waals surface area contributed by atoms with Gasteiger partial charge >= 0.3 is 0 Å². The SMILES string of the molecule is COc1cc(C(=O)c2ccc[nH]2)nn1C. The maximum absolute atomic E-state index is 11.8. The number of carbonyl (C=O) groups excluding carboxylic acids is 1. The zero-order chi connectivity index (χ0) is 10.8. The van der Waals surface area contributed by atoms with Crippen LogP contribution in [-0.4, -0.2) is 27.7 Å². The zero-order valence-electron chi connectivity index (χ0n) is 8.52. The van der Waals surface area contributed by atoms with E-state index in [1.54, 1.807) is 38.6 Å². The summed E-state index contributed by atoms with van der Waals surface area (Å²) in [5.41, 5.74) is 0.896. The monoisotopic (exact) mass is 205 g/mol. The van der Waals surface area contributed by atoms with Crippen LogP contribution in [0, 0.1) is 0 Å². The summed E-state index contributed by atoms with van der Waals surface area (Å²) in [5, 5.41) is 4.06. The summed E-state index contributed by atoms with van der Waals surface area (Å²) in [7, 11) is 3.27. The van der Waals surface area contributed by atoms with Crippen LogP contribution in [0.5, 0.6) is 5.88 Å². The summed E-state index contributed by atoms with van der Waals surface area (Å²) in [5.74, 6) is 0.420. The normalized spacial score (nSPS) is 10.3. The Kier molecular flexibility index (Phi) is 2.29. The minimum atomic E-state index is -0.140. The highest BCUT2D eigenvalue weighted by molar-refractivity contribution is 6.06. The first-order chi connectivity index (χ1) is 7.22. The maximum atomic E-state index is 11.8. The van der Waals surface area contributed by atoms with Crippen molar-refractivity contribution in [1.82, 2.24) is 14.8 Å². The molecule has 0 aliphatic heterocycles. The van der Waals surface area contributed by atoms with Crippen LogP contribution in [0.3, 0.4) is 0 Å². The van der Waals surface area contributed by atoms with Crippen LogP contribution in [-0.2, 0) is 7.05 Å². The number of aromatic amines is 1. The lowest BCUT2D eigenvalue weighted by Crippen LogP contribution is -2.03. The van der Waals surface area contributed by atoms with Crippen LogP contribution < -0.4 is 4.74 Å². The van der Waals surface area contributed by atoms with Crippen LogP contribution in [0.2, 0.25) is 0 Å². The smallest absolute Gasteiger partial charge is 0.229 e. The van der Waals surface area contributed by atoms with Crippen molar-refractivity contribution in [3.63, 3.8) is 0 Å². The molecule has 0 bridgehead atoms. The van der Waals surface area contributed by atoms with E-state index in [4.69, 9.17) is 4.74 Å². The molecule has 2 rings (SSSR count). The molecule has 0 aliphatic rings. The lowest BCUT2D eigenvalue weighted by Gasteiger charge is -1.95. The molecule has 2 aromatic heterocycles. The Bertz CT molecular complexity index is 471. The molecule has 0 saturated heterocycles. The molecule has 0 unspecified atom stereocenters. The average molecular weight is 205 g/mol. The fourth-order valence-corrected chi connectivity index (χ4v) is 1.36. The molecular weight excluding hydrogens is 194 g/mol. The van der Waals surface area contributed by atoms with Crippen LogP contribution in [0.4, 0.5) is 0 Å². The van der Waals surface area contributed by atoms with Crippen molar-refractivity contribution >= 4 is 5.78 Å². The van der Waals surface area contributed by atoms with E-state index in [-0.39, 0.29) is 5.78 Å². The Hall–Kier alpha value is -2.04. The van der Waals surface area contributed by atoms with Gasteiger partial charge in [-0.1, -0.05) is 0 Å². The van der Waals surface area contributed by atoms with Crippen LogP contribution >= 0.6 is 0 Å². The van der Waals surface area contributed by atoms with Crippen LogP contribution in [0.1, 0.15) is 16.2 Å². The van der Waals surface area contributed by atoms with Crippen molar-refractivity contribution in [3.05, 3.63) is 35.8 Å². The minimum absolute atomic E-state index is 0.140. The molecule has 0 amide bonds. The number of rotatable bonds is 3. The van der Waals surface area contributed by atoms with E-state index in [2.05, 4.69) is 10.1 Å². The van der Waals surface area contributed by atoms with E-state index >= 15 is 0 Å². The maximum Gasteiger partial charge on any atom is 0.229 e. The predicted octanol–water partition coefficient (Wildman–Crippen LogP) is 0.988. The number of nitrogens with zero attached hydrogens (tertiary/aromatic N) is 2. The topological polar surface area (TPSA) is 59.9 Å². The number of ether oxygens (including phenoxy) is 1. The molecule has 0 saturated carbocycles. The van der Waals surface area contributed by atoms with Gasteiger partial charge in [0, 0.05) is 19.3 Å². The van der Waals surface area contributed by atoms with Gasteiger partial charge in [0.25, 0.3) is 0 Å². The van der Waals surface area contributed by atoms with Crippen molar-refractivity contribution in [2.75, 3.05) is 7.11 Å². The fourth-order valence-electron chi connectivity index (χ4n) is 1.36. The van der Waals surface area contributed by atoms with E-state index in [9.17, 15) is 4.79 Å². The molecule has 0 atom stereocenters. The zero-order valence-corrected chi connectivity index (χ0v) is 8.52. The highest BCUT2D eigenvalue weighted by atomic mass is 16.5. The fraction of sp³-hybridized carbons (Fsp3) is 0.200. The Labute approximate surface area is 86.7 Å². The summed E-state index contributed by atoms with van der Waals surface area (Å²) in [6.45, 7) is 0. The van der Waals surface area contributed by atoms with E-state index in [0.717, 1.165) is 0 Å². The lowest BCUT2D eigenvalue weighted by molar-refractivity contribution is 0.102. The summed E-state index contributed by atoms with van der Waals surface area (Å²) in [6, 6.07) is 5.10. The van der Waals surface area contributed by atoms with Gasteiger partial charge in [0.15, 0.2) is 0 Å². The number of aromatic nitrogens is 3. The second-order valence-electron chi connectivity index (χ2n) is 3.11. The molecule has 0 aliphatic carbocycles. The van der Waals surface area contributed by atoms with Gasteiger partial charge in [0.1, 0.15) is 5.69 Å². The van der Waals surface area contributed by atoms with Crippen molar-refractivity contribution in [1.29, 1.82) is 0 Å². The molecule has 0 fully saturated rings. The van der Waals surface area contributed by atoms with E-state index < -0.39 is 0 Å². The first-order valence-electron chi connectivity index (χ1n) is 4.48. The summed E-state index contributed by atoms with van der Waals surface area (Å²) in [4.78, 5) is 14.7. The predicted molar refractivity (Wildman–Crippen MR) is 54.0 cm³/mol. The van der Waals surface area contributed by atoms with Crippen molar-refractivity contribution in [2.45, 2.75) is 0 Å². The number of ketones is 1. The molecule has 1 N–H and O–H groups in total. The van der Waals surface area contributed by atoms with Gasteiger partial charge in [-0.05, 0) is 12.1 Å². The first kappa shape index (κ1) is 9.51. The van der Waals surface area contributed by atoms with Crippen LogP contribution in [0.15, 0.2) is 24.4 Å².